The van der Waals surface area contributed by atoms with E-state index in [0.29, 0.717) is 60.1 Å². The molecular formula is C40H50N8O10S. The fourth-order valence-corrected chi connectivity index (χ4v) is 8.05. The van der Waals surface area contributed by atoms with Crippen molar-refractivity contribution in [2.45, 2.75) is 77.5 Å². The number of benzene rings is 2. The molecule has 316 valence electrons. The molecule has 2 fully saturated rings. The van der Waals surface area contributed by atoms with E-state index in [2.05, 4.69) is 30.6 Å². The molecule has 18 nitrogen and oxygen atoms in total. The van der Waals surface area contributed by atoms with E-state index in [9.17, 15) is 27.6 Å². The molecule has 59 heavy (non-hydrogen) atoms. The van der Waals surface area contributed by atoms with Gasteiger partial charge in [0.25, 0.3) is 0 Å². The second-order valence-electron chi connectivity index (χ2n) is 15.1. The monoisotopic (exact) mass is 834 g/mol. The van der Waals surface area contributed by atoms with Crippen LogP contribution in [0.15, 0.2) is 60.9 Å². The van der Waals surface area contributed by atoms with E-state index < -0.39 is 34.7 Å². The van der Waals surface area contributed by atoms with E-state index in [1.807, 2.05) is 27.7 Å². The van der Waals surface area contributed by atoms with Crippen LogP contribution in [0.1, 0.15) is 77.1 Å². The molecule has 4 aromatic rings. The summed E-state index contributed by atoms with van der Waals surface area (Å²) in [5.74, 6) is 0.504. The second-order valence-corrected chi connectivity index (χ2v) is 16.2. The van der Waals surface area contributed by atoms with Crippen molar-refractivity contribution in [3.05, 3.63) is 72.6 Å². The zero-order valence-corrected chi connectivity index (χ0v) is 34.6. The molecule has 2 aliphatic heterocycles. The third kappa shape index (κ3) is 9.96. The minimum absolute atomic E-state index is 0.0285. The predicted molar refractivity (Wildman–Crippen MR) is 214 cm³/mol. The first-order chi connectivity index (χ1) is 28.2. The van der Waals surface area contributed by atoms with E-state index >= 15 is 0 Å². The smallest absolute Gasteiger partial charge is 0.453 e. The third-order valence-corrected chi connectivity index (χ3v) is 11.2. The Morgan fingerprint density at radius 2 is 1.03 bits per heavy atom. The molecule has 0 bridgehead atoms. The molecule has 0 aliphatic carbocycles. The lowest BCUT2D eigenvalue weighted by Crippen LogP contribution is -2.51. The number of aromatic amines is 2. The number of carbonyl (C=O) groups is 4. The van der Waals surface area contributed by atoms with E-state index in [1.54, 1.807) is 46.5 Å². The van der Waals surface area contributed by atoms with Gasteiger partial charge in [-0.15, -0.1) is 8.42 Å². The Balaban J connectivity index is 1.05. The highest BCUT2D eigenvalue weighted by Gasteiger charge is 2.39. The Morgan fingerprint density at radius 3 is 1.37 bits per heavy atom. The van der Waals surface area contributed by atoms with E-state index in [1.165, 1.54) is 38.5 Å². The number of H-pyrrole nitrogens is 2. The minimum atomic E-state index is -4.51. The van der Waals surface area contributed by atoms with E-state index in [-0.39, 0.29) is 47.2 Å². The number of alkyl carbamates (subject to hydrolysis) is 2. The fraction of sp³-hybridized carbons (Fsp3) is 0.450. The molecule has 2 saturated heterocycles. The number of amides is 4. The van der Waals surface area contributed by atoms with Gasteiger partial charge in [-0.05, 0) is 97.2 Å². The average Bonchev–Trinajstić information content (AvgIpc) is 4.05. The van der Waals surface area contributed by atoms with Gasteiger partial charge in [0.15, 0.2) is 0 Å². The number of carbonyl (C=O) groups excluding carboxylic acids is 4. The number of rotatable bonds is 14. The second kappa shape index (κ2) is 18.2. The van der Waals surface area contributed by atoms with Crippen LogP contribution >= 0.6 is 0 Å². The summed E-state index contributed by atoms with van der Waals surface area (Å²) in [5, 5.41) is 5.28. The van der Waals surface area contributed by atoms with Crippen molar-refractivity contribution >= 4 is 34.4 Å². The maximum absolute atomic E-state index is 13.5. The Kier molecular flexibility index (Phi) is 13.1. The maximum atomic E-state index is 13.5. The number of methoxy groups -OCH3 is 2. The maximum Gasteiger partial charge on any atom is 0.500 e. The quantitative estimate of drug-likeness (QED) is 0.128. The van der Waals surface area contributed by atoms with Gasteiger partial charge in [0.1, 0.15) is 35.2 Å². The van der Waals surface area contributed by atoms with Crippen LogP contribution in [0, 0.1) is 11.8 Å². The molecule has 2 aromatic carbocycles. The van der Waals surface area contributed by atoms with Crippen LogP contribution in [-0.4, -0.2) is 102 Å². The number of imidazole rings is 2. The van der Waals surface area contributed by atoms with Gasteiger partial charge in [-0.3, -0.25) is 9.59 Å². The lowest BCUT2D eigenvalue weighted by molar-refractivity contribution is -0.136. The van der Waals surface area contributed by atoms with Crippen molar-refractivity contribution in [1.29, 1.82) is 0 Å². The molecule has 0 spiro atoms. The van der Waals surface area contributed by atoms with Crippen LogP contribution in [0.3, 0.4) is 0 Å². The van der Waals surface area contributed by atoms with Crippen LogP contribution in [0.2, 0.25) is 0 Å². The van der Waals surface area contributed by atoms with Crippen molar-refractivity contribution in [2.24, 2.45) is 11.8 Å². The molecule has 6 rings (SSSR count). The Morgan fingerprint density at radius 1 is 0.661 bits per heavy atom. The lowest BCUT2D eigenvalue weighted by Gasteiger charge is -2.30. The summed E-state index contributed by atoms with van der Waals surface area (Å²) in [6.45, 7) is 8.45. The summed E-state index contributed by atoms with van der Waals surface area (Å²) in [6.07, 6.45) is 4.88. The summed E-state index contributed by atoms with van der Waals surface area (Å²) in [4.78, 5) is 69.9. The zero-order valence-electron chi connectivity index (χ0n) is 33.8. The highest BCUT2D eigenvalue weighted by atomic mass is 32.3. The summed E-state index contributed by atoms with van der Waals surface area (Å²) in [7, 11) is -2.01. The number of hydrogen-bond acceptors (Lipinski definition) is 12. The topological polar surface area (TPSA) is 227 Å². The van der Waals surface area contributed by atoms with Gasteiger partial charge in [-0.2, -0.15) is 0 Å². The van der Waals surface area contributed by atoms with Crippen molar-refractivity contribution in [2.75, 3.05) is 27.3 Å². The highest BCUT2D eigenvalue weighted by molar-refractivity contribution is 7.82. The van der Waals surface area contributed by atoms with Crippen LogP contribution in [0.4, 0.5) is 9.59 Å². The lowest BCUT2D eigenvalue weighted by atomic mass is 10.0. The molecule has 0 radical (unpaired) electrons. The molecule has 4 amide bonds. The molecule has 2 aromatic heterocycles. The van der Waals surface area contributed by atoms with Crippen LogP contribution < -0.4 is 19.0 Å². The SMILES string of the molecule is COC(=O)N[C@@H](C(=O)N1CCC[C@H]1c1ncc(-c2ccc(OS(=O)(=O)Oc3ccc(-c4cnc([C@@H]5CCCN5C(=O)[C@H](NC(=O)OC)C(C)C)[nH]4)cc3)cc2)[nH]1)C(C)C. The molecule has 4 heterocycles. The number of nitrogens with zero attached hydrogens (tertiary/aromatic N) is 4. The molecular weight excluding hydrogens is 785 g/mol. The zero-order chi connectivity index (χ0) is 42.4. The molecule has 2 aliphatic rings. The minimum Gasteiger partial charge on any atom is -0.453 e. The van der Waals surface area contributed by atoms with Crippen molar-refractivity contribution in [3.8, 4) is 34.0 Å². The van der Waals surface area contributed by atoms with Gasteiger partial charge in [-0.1, -0.05) is 27.7 Å². The van der Waals surface area contributed by atoms with Gasteiger partial charge >= 0.3 is 22.6 Å². The van der Waals surface area contributed by atoms with Crippen LogP contribution in [-0.2, 0) is 29.5 Å². The first-order valence-corrected chi connectivity index (χ1v) is 20.8. The highest BCUT2D eigenvalue weighted by Crippen LogP contribution is 2.35. The van der Waals surface area contributed by atoms with Crippen LogP contribution in [0.25, 0.3) is 22.5 Å². The van der Waals surface area contributed by atoms with Crippen LogP contribution in [0.5, 0.6) is 11.5 Å². The molecule has 4 N–H and O–H groups in total. The van der Waals surface area contributed by atoms with Gasteiger partial charge in [0.2, 0.25) is 11.8 Å². The fourth-order valence-electron chi connectivity index (χ4n) is 7.32. The predicted octanol–water partition coefficient (Wildman–Crippen LogP) is 5.26. The summed E-state index contributed by atoms with van der Waals surface area (Å²) in [5.41, 5.74) is 2.73. The number of ether oxygens (including phenoxy) is 2. The summed E-state index contributed by atoms with van der Waals surface area (Å²) >= 11 is 0. The van der Waals surface area contributed by atoms with Gasteiger partial charge < -0.3 is 48.2 Å². The van der Waals surface area contributed by atoms with Crippen molar-refractivity contribution < 1.29 is 45.4 Å². The van der Waals surface area contributed by atoms with Crippen molar-refractivity contribution in [1.82, 2.24) is 40.4 Å². The van der Waals surface area contributed by atoms with Crippen molar-refractivity contribution in [3.63, 3.8) is 0 Å². The average molecular weight is 835 g/mol. The van der Waals surface area contributed by atoms with E-state index in [0.717, 1.165) is 12.8 Å². The number of nitrogens with one attached hydrogen (secondary N) is 4. The molecule has 4 atom stereocenters. The Bertz CT molecular complexity index is 2070. The van der Waals surface area contributed by atoms with Gasteiger partial charge in [-0.25, -0.2) is 19.6 Å². The number of aromatic nitrogens is 4. The first kappa shape index (κ1) is 42.5. The Labute approximate surface area is 342 Å². The largest absolute Gasteiger partial charge is 0.500 e. The third-order valence-electron chi connectivity index (χ3n) is 10.4. The molecule has 0 saturated carbocycles. The molecule has 19 heteroatoms. The van der Waals surface area contributed by atoms with Gasteiger partial charge in [0, 0.05) is 13.1 Å². The number of likely N-dealkylation sites (tertiary alicyclic amines) is 2. The number of hydrogen-bond donors (Lipinski definition) is 4. The van der Waals surface area contributed by atoms with Gasteiger partial charge in [0.05, 0.1) is 50.1 Å². The Hall–Kier alpha value is -6.11. The standard InChI is InChI=1S/C40H50N8O10S/c1-23(2)33(45-39(51)55-5)37(49)47-19-7-9-31(47)35-41-21-29(43-35)25-11-15-27(16-12-25)57-59(53,54)58-28-17-13-26(14-18-28)30-22-42-36(44-30)32-10-8-20-48(32)38(50)34(24(3)4)46-40(52)56-6/h11-18,21-24,31-34H,7-10,19-20H2,1-6H3,(H,41,43)(H,42,44)(H,45,51)(H,46,52)/t31-,32-,33+,34+/m0/s1. The van der Waals surface area contributed by atoms with E-state index in [4.69, 9.17) is 17.8 Å². The summed E-state index contributed by atoms with van der Waals surface area (Å²) < 4.78 is 45.7. The molecule has 0 unspecified atom stereocenters. The normalized spacial score (nSPS) is 17.8. The summed E-state index contributed by atoms with van der Waals surface area (Å²) in [6, 6.07) is 10.5. The first-order valence-electron chi connectivity index (χ1n) is 19.4.